The van der Waals surface area contributed by atoms with E-state index in [0.29, 0.717) is 12.1 Å². The maximum absolute atomic E-state index is 12.6. The number of rotatable bonds is 6. The topological polar surface area (TPSA) is 58.6 Å². The van der Waals surface area contributed by atoms with Crippen molar-refractivity contribution < 1.29 is 27.5 Å². The zero-order valence-electron chi connectivity index (χ0n) is 16.8. The van der Waals surface area contributed by atoms with Crippen molar-refractivity contribution in [2.24, 2.45) is 5.92 Å². The number of carbonyl (C=O) groups excluding carboxylic acids is 2. The number of nitrogens with one attached hydrogen (secondary N) is 1. The maximum atomic E-state index is 12.6. The van der Waals surface area contributed by atoms with Gasteiger partial charge in [0.1, 0.15) is 5.75 Å². The summed E-state index contributed by atoms with van der Waals surface area (Å²) in [6.07, 6.45) is -4.30. The Morgan fingerprint density at radius 2 is 1.93 bits per heavy atom. The standard InChI is InChI=1S/C22H23F3N2O3/c1-14-5-3-8-19(15(14)2)27-12-17(10-20(27)28)21(29)26-11-16-6-4-7-18(9-16)30-13-22(23,24)25/h3-9,17H,10-13H2,1-2H3,(H,26,29). The Morgan fingerprint density at radius 1 is 1.20 bits per heavy atom. The molecule has 1 aliphatic rings. The Morgan fingerprint density at radius 3 is 2.67 bits per heavy atom. The number of nitrogens with zero attached hydrogens (tertiary/aromatic N) is 1. The fourth-order valence-electron chi connectivity index (χ4n) is 3.39. The monoisotopic (exact) mass is 420 g/mol. The SMILES string of the molecule is Cc1cccc(N2CC(C(=O)NCc3cccc(OCC(F)(F)F)c3)CC2=O)c1C. The second kappa shape index (κ2) is 8.77. The highest BCUT2D eigenvalue weighted by Crippen LogP contribution is 2.29. The number of anilines is 1. The van der Waals surface area contributed by atoms with Crippen molar-refractivity contribution >= 4 is 17.5 Å². The average molecular weight is 420 g/mol. The number of alkyl halides is 3. The number of hydrogen-bond donors (Lipinski definition) is 1. The predicted octanol–water partition coefficient (Wildman–Crippen LogP) is 3.91. The molecule has 2 aromatic rings. The van der Waals surface area contributed by atoms with E-state index >= 15 is 0 Å². The van der Waals surface area contributed by atoms with E-state index in [0.717, 1.165) is 16.8 Å². The van der Waals surface area contributed by atoms with Gasteiger partial charge in [-0.2, -0.15) is 13.2 Å². The van der Waals surface area contributed by atoms with Gasteiger partial charge in [0, 0.05) is 25.2 Å². The number of aryl methyl sites for hydroxylation is 1. The zero-order chi connectivity index (χ0) is 21.9. The van der Waals surface area contributed by atoms with Gasteiger partial charge in [0.2, 0.25) is 11.8 Å². The molecule has 1 N–H and O–H groups in total. The average Bonchev–Trinajstić information content (AvgIpc) is 3.08. The Balaban J connectivity index is 1.58. The first-order valence-corrected chi connectivity index (χ1v) is 9.57. The van der Waals surface area contributed by atoms with Gasteiger partial charge in [-0.25, -0.2) is 0 Å². The van der Waals surface area contributed by atoms with E-state index < -0.39 is 18.7 Å². The molecule has 1 unspecified atom stereocenters. The summed E-state index contributed by atoms with van der Waals surface area (Å²) in [5.74, 6) is -0.776. The summed E-state index contributed by atoms with van der Waals surface area (Å²) in [4.78, 5) is 26.7. The third-order valence-electron chi connectivity index (χ3n) is 5.13. The van der Waals surface area contributed by atoms with Crippen LogP contribution in [0.25, 0.3) is 0 Å². The lowest BCUT2D eigenvalue weighted by molar-refractivity contribution is -0.153. The molecule has 1 aliphatic heterocycles. The molecule has 0 saturated carbocycles. The summed E-state index contributed by atoms with van der Waals surface area (Å²) in [5, 5.41) is 2.76. The summed E-state index contributed by atoms with van der Waals surface area (Å²) < 4.78 is 41.6. The van der Waals surface area contributed by atoms with Crippen LogP contribution in [-0.2, 0) is 16.1 Å². The molecule has 3 rings (SSSR count). The van der Waals surface area contributed by atoms with Crippen LogP contribution in [-0.4, -0.2) is 31.1 Å². The van der Waals surface area contributed by atoms with Gasteiger partial charge in [-0.05, 0) is 48.7 Å². The van der Waals surface area contributed by atoms with Crippen LogP contribution in [0.2, 0.25) is 0 Å². The molecular weight excluding hydrogens is 397 g/mol. The Hall–Kier alpha value is -3.03. The molecule has 2 aromatic carbocycles. The summed E-state index contributed by atoms with van der Waals surface area (Å²) >= 11 is 0. The minimum atomic E-state index is -4.42. The van der Waals surface area contributed by atoms with Gasteiger partial charge in [0.05, 0.1) is 5.92 Å². The Kier molecular flexibility index (Phi) is 6.34. The molecule has 0 aliphatic carbocycles. The molecule has 1 fully saturated rings. The van der Waals surface area contributed by atoms with Gasteiger partial charge in [-0.3, -0.25) is 9.59 Å². The summed E-state index contributed by atoms with van der Waals surface area (Å²) in [7, 11) is 0. The first kappa shape index (κ1) is 21.7. The number of hydrogen-bond acceptors (Lipinski definition) is 3. The van der Waals surface area contributed by atoms with E-state index in [-0.39, 0.29) is 30.5 Å². The van der Waals surface area contributed by atoms with E-state index in [1.54, 1.807) is 17.0 Å². The normalized spacial score (nSPS) is 16.6. The van der Waals surface area contributed by atoms with E-state index in [1.807, 2.05) is 32.0 Å². The number of amides is 2. The second-order valence-corrected chi connectivity index (χ2v) is 7.39. The number of benzene rings is 2. The van der Waals surface area contributed by atoms with Crippen LogP contribution >= 0.6 is 0 Å². The van der Waals surface area contributed by atoms with Crippen LogP contribution in [0.15, 0.2) is 42.5 Å². The maximum Gasteiger partial charge on any atom is 0.422 e. The number of ether oxygens (including phenoxy) is 1. The Bertz CT molecular complexity index is 943. The van der Waals surface area contributed by atoms with Gasteiger partial charge in [0.25, 0.3) is 0 Å². The summed E-state index contributed by atoms with van der Waals surface area (Å²) in [6.45, 7) is 2.97. The molecule has 160 valence electrons. The molecule has 0 spiro atoms. The third kappa shape index (κ3) is 5.31. The summed E-state index contributed by atoms with van der Waals surface area (Å²) in [6, 6.07) is 11.8. The van der Waals surface area contributed by atoms with E-state index in [2.05, 4.69) is 5.32 Å². The quantitative estimate of drug-likeness (QED) is 0.771. The molecule has 5 nitrogen and oxygen atoms in total. The van der Waals surface area contributed by atoms with Crippen molar-refractivity contribution in [2.75, 3.05) is 18.1 Å². The van der Waals surface area contributed by atoms with Gasteiger partial charge in [-0.15, -0.1) is 0 Å². The van der Waals surface area contributed by atoms with Crippen LogP contribution in [0.1, 0.15) is 23.1 Å². The minimum Gasteiger partial charge on any atom is -0.484 e. The first-order valence-electron chi connectivity index (χ1n) is 9.57. The van der Waals surface area contributed by atoms with Gasteiger partial charge in [-0.1, -0.05) is 24.3 Å². The lowest BCUT2D eigenvalue weighted by Crippen LogP contribution is -2.32. The fourth-order valence-corrected chi connectivity index (χ4v) is 3.39. The van der Waals surface area contributed by atoms with E-state index in [1.165, 1.54) is 12.1 Å². The van der Waals surface area contributed by atoms with Crippen molar-refractivity contribution in [3.8, 4) is 5.75 Å². The molecule has 1 saturated heterocycles. The highest BCUT2D eigenvalue weighted by atomic mass is 19.4. The molecule has 0 bridgehead atoms. The largest absolute Gasteiger partial charge is 0.484 e. The lowest BCUT2D eigenvalue weighted by Gasteiger charge is -2.20. The summed E-state index contributed by atoms with van der Waals surface area (Å²) in [5.41, 5.74) is 3.49. The van der Waals surface area contributed by atoms with E-state index in [4.69, 9.17) is 4.74 Å². The van der Waals surface area contributed by atoms with Crippen molar-refractivity contribution in [1.82, 2.24) is 5.32 Å². The Labute approximate surface area is 172 Å². The zero-order valence-corrected chi connectivity index (χ0v) is 16.8. The molecule has 1 atom stereocenters. The van der Waals surface area contributed by atoms with Crippen molar-refractivity contribution in [1.29, 1.82) is 0 Å². The third-order valence-corrected chi connectivity index (χ3v) is 5.13. The molecule has 0 aromatic heterocycles. The van der Waals surface area contributed by atoms with E-state index in [9.17, 15) is 22.8 Å². The molecule has 1 heterocycles. The van der Waals surface area contributed by atoms with Crippen molar-refractivity contribution in [3.63, 3.8) is 0 Å². The minimum absolute atomic E-state index is 0.0798. The van der Waals surface area contributed by atoms with Gasteiger partial charge < -0.3 is 15.0 Å². The van der Waals surface area contributed by atoms with Crippen LogP contribution in [0.3, 0.4) is 0 Å². The highest BCUT2D eigenvalue weighted by Gasteiger charge is 2.35. The van der Waals surface area contributed by atoms with Crippen LogP contribution in [0, 0.1) is 19.8 Å². The fraction of sp³-hybridized carbons (Fsp3) is 0.364. The molecule has 2 amide bonds. The van der Waals surface area contributed by atoms with Gasteiger partial charge in [0.15, 0.2) is 6.61 Å². The predicted molar refractivity (Wildman–Crippen MR) is 106 cm³/mol. The van der Waals surface area contributed by atoms with Gasteiger partial charge >= 0.3 is 6.18 Å². The number of halogens is 3. The molecule has 0 radical (unpaired) electrons. The van der Waals surface area contributed by atoms with Crippen LogP contribution in [0.5, 0.6) is 5.75 Å². The van der Waals surface area contributed by atoms with Crippen LogP contribution in [0.4, 0.5) is 18.9 Å². The highest BCUT2D eigenvalue weighted by molar-refractivity contribution is 6.00. The molecular formula is C22H23F3N2O3. The molecule has 8 heteroatoms. The van der Waals surface area contributed by atoms with Crippen molar-refractivity contribution in [3.05, 3.63) is 59.2 Å². The van der Waals surface area contributed by atoms with Crippen molar-refractivity contribution in [2.45, 2.75) is 33.0 Å². The smallest absolute Gasteiger partial charge is 0.422 e. The lowest BCUT2D eigenvalue weighted by atomic mass is 10.1. The first-order chi connectivity index (χ1) is 14.1. The van der Waals surface area contributed by atoms with Crippen LogP contribution < -0.4 is 15.0 Å². The molecule has 30 heavy (non-hydrogen) atoms. The second-order valence-electron chi connectivity index (χ2n) is 7.39. The number of carbonyl (C=O) groups is 2.